The maximum atomic E-state index is 12.5. The van der Waals surface area contributed by atoms with Gasteiger partial charge in [0.05, 0.1) is 4.75 Å². The van der Waals surface area contributed by atoms with Gasteiger partial charge in [0.15, 0.2) is 9.84 Å². The lowest BCUT2D eigenvalue weighted by Gasteiger charge is -2.17. The fourth-order valence-corrected chi connectivity index (χ4v) is 3.82. The van der Waals surface area contributed by atoms with Crippen molar-refractivity contribution >= 4 is 9.84 Å². The number of rotatable bonds is 3. The van der Waals surface area contributed by atoms with Gasteiger partial charge in [0, 0.05) is 0 Å². The molecule has 2 aliphatic rings. The van der Waals surface area contributed by atoms with Gasteiger partial charge in [0.2, 0.25) is 0 Å². The first kappa shape index (κ1) is 8.48. The third kappa shape index (κ3) is 0.817. The number of hydrogen-bond acceptors (Lipinski definition) is 2. The molecule has 2 fully saturated rings. The molecule has 0 unspecified atom stereocenters. The van der Waals surface area contributed by atoms with Gasteiger partial charge in [-0.1, -0.05) is 0 Å². The molecule has 2 aliphatic carbocycles. The van der Waals surface area contributed by atoms with Gasteiger partial charge in [-0.05, 0) is 32.6 Å². The third-order valence-electron chi connectivity index (χ3n) is 3.00. The Hall–Kier alpha value is -0.120. The molecule has 0 spiro atoms. The highest BCUT2D eigenvalue weighted by atomic mass is 32.2. The van der Waals surface area contributed by atoms with Crippen molar-refractivity contribution in [1.29, 1.82) is 0 Å². The van der Waals surface area contributed by atoms with Crippen molar-refractivity contribution < 1.29 is 12.8 Å². The van der Waals surface area contributed by atoms with Gasteiger partial charge in [0.1, 0.15) is 11.4 Å². The van der Waals surface area contributed by atoms with Crippen LogP contribution in [0.3, 0.4) is 0 Å². The van der Waals surface area contributed by atoms with E-state index in [9.17, 15) is 12.8 Å². The minimum absolute atomic E-state index is 0.489. The summed E-state index contributed by atoms with van der Waals surface area (Å²) in [5.41, 5.74) is 0. The molecule has 0 atom stereocenters. The molecule has 0 aromatic carbocycles. The smallest absolute Gasteiger partial charge is 0.164 e. The van der Waals surface area contributed by atoms with Crippen LogP contribution in [0.15, 0.2) is 0 Å². The van der Waals surface area contributed by atoms with Crippen LogP contribution in [-0.4, -0.2) is 24.6 Å². The predicted molar refractivity (Wildman–Crippen MR) is 44.2 cm³/mol. The summed E-state index contributed by atoms with van der Waals surface area (Å²) in [5.74, 6) is 0. The van der Waals surface area contributed by atoms with E-state index in [4.69, 9.17) is 0 Å². The van der Waals surface area contributed by atoms with E-state index in [0.717, 1.165) is 0 Å². The molecule has 0 aromatic rings. The molecule has 0 aliphatic heterocycles. The standard InChI is InChI=1S/C8H12FO2S/c1-7(2-3-7)12(10,11)8(6-9)4-5-8/h1-6H2. The van der Waals surface area contributed by atoms with Gasteiger partial charge in [0.25, 0.3) is 0 Å². The second-order valence-electron chi connectivity index (χ2n) is 4.00. The Morgan fingerprint density at radius 1 is 1.25 bits per heavy atom. The van der Waals surface area contributed by atoms with Crippen LogP contribution in [0, 0.1) is 6.92 Å². The molecule has 0 bridgehead atoms. The van der Waals surface area contributed by atoms with Crippen LogP contribution >= 0.6 is 0 Å². The van der Waals surface area contributed by atoms with Crippen molar-refractivity contribution in [2.45, 2.75) is 35.2 Å². The Balaban J connectivity index is 2.33. The zero-order chi connectivity index (χ0) is 9.04. The van der Waals surface area contributed by atoms with Crippen LogP contribution in [-0.2, 0) is 9.84 Å². The van der Waals surface area contributed by atoms with Crippen molar-refractivity contribution in [1.82, 2.24) is 0 Å². The first-order chi connectivity index (χ1) is 5.47. The number of sulfone groups is 1. The largest absolute Gasteiger partial charge is 0.249 e. The van der Waals surface area contributed by atoms with Crippen LogP contribution in [0.25, 0.3) is 0 Å². The van der Waals surface area contributed by atoms with E-state index in [0.29, 0.717) is 25.7 Å². The van der Waals surface area contributed by atoms with E-state index >= 15 is 0 Å². The summed E-state index contributed by atoms with van der Waals surface area (Å²) in [4.78, 5) is 0. The monoisotopic (exact) mass is 191 g/mol. The lowest BCUT2D eigenvalue weighted by Crippen LogP contribution is -2.35. The van der Waals surface area contributed by atoms with Crippen LogP contribution in [0.1, 0.15) is 25.7 Å². The highest BCUT2D eigenvalue weighted by Gasteiger charge is 2.65. The quantitative estimate of drug-likeness (QED) is 0.673. The lowest BCUT2D eigenvalue weighted by atomic mass is 10.5. The first-order valence-electron chi connectivity index (χ1n) is 4.13. The molecule has 2 nitrogen and oxygen atoms in total. The number of hydrogen-bond donors (Lipinski definition) is 0. The number of alkyl halides is 1. The van der Waals surface area contributed by atoms with Crippen molar-refractivity contribution in [2.75, 3.05) is 6.67 Å². The summed E-state index contributed by atoms with van der Waals surface area (Å²) in [6.07, 6.45) is 2.19. The summed E-state index contributed by atoms with van der Waals surface area (Å²) in [7, 11) is -3.29. The molecule has 69 valence electrons. The topological polar surface area (TPSA) is 34.1 Å². The lowest BCUT2D eigenvalue weighted by molar-refractivity contribution is 0.454. The molecule has 0 saturated heterocycles. The molecule has 1 radical (unpaired) electrons. The summed E-state index contributed by atoms with van der Waals surface area (Å²) in [6.45, 7) is 2.92. The van der Waals surface area contributed by atoms with E-state index in [1.54, 1.807) is 0 Å². The Morgan fingerprint density at radius 3 is 2.00 bits per heavy atom. The zero-order valence-corrected chi connectivity index (χ0v) is 7.66. The SMILES string of the molecule is [CH2]C1(S(=O)(=O)C2(CF)CC2)CC1. The minimum atomic E-state index is -3.29. The molecule has 0 amide bonds. The normalized spacial score (nSPS) is 29.8. The average molecular weight is 191 g/mol. The predicted octanol–water partition coefficient (Wildman–Crippen LogP) is 1.27. The van der Waals surface area contributed by atoms with Crippen molar-refractivity contribution in [3.63, 3.8) is 0 Å². The maximum absolute atomic E-state index is 12.5. The van der Waals surface area contributed by atoms with Crippen LogP contribution in [0.4, 0.5) is 4.39 Å². The van der Waals surface area contributed by atoms with E-state index in [1.807, 2.05) is 0 Å². The molecule has 0 heterocycles. The first-order valence-corrected chi connectivity index (χ1v) is 5.61. The van der Waals surface area contributed by atoms with Gasteiger partial charge in [-0.25, -0.2) is 12.8 Å². The van der Waals surface area contributed by atoms with Crippen LogP contribution in [0.5, 0.6) is 0 Å². The fraction of sp³-hybridized carbons (Fsp3) is 0.875. The summed E-state index contributed by atoms with van der Waals surface area (Å²) >= 11 is 0. The van der Waals surface area contributed by atoms with Crippen molar-refractivity contribution in [3.8, 4) is 0 Å². The minimum Gasteiger partial charge on any atom is -0.249 e. The Kier molecular flexibility index (Phi) is 1.43. The molecule has 2 saturated carbocycles. The average Bonchev–Trinajstić information content (AvgIpc) is 2.81. The molecule has 4 heteroatoms. The van der Waals surface area contributed by atoms with E-state index in [2.05, 4.69) is 6.92 Å². The van der Waals surface area contributed by atoms with Crippen molar-refractivity contribution in [2.24, 2.45) is 0 Å². The molecule has 2 rings (SSSR count). The highest BCUT2D eigenvalue weighted by Crippen LogP contribution is 2.55. The zero-order valence-electron chi connectivity index (χ0n) is 6.85. The Labute approximate surface area is 72.1 Å². The van der Waals surface area contributed by atoms with Crippen molar-refractivity contribution in [3.05, 3.63) is 6.92 Å². The van der Waals surface area contributed by atoms with Crippen LogP contribution < -0.4 is 0 Å². The van der Waals surface area contributed by atoms with Crippen LogP contribution in [0.2, 0.25) is 0 Å². The Morgan fingerprint density at radius 2 is 1.75 bits per heavy atom. The van der Waals surface area contributed by atoms with Gasteiger partial charge in [-0.2, -0.15) is 0 Å². The highest BCUT2D eigenvalue weighted by molar-refractivity contribution is 7.94. The number of halogens is 1. The summed E-state index contributed by atoms with van der Waals surface area (Å²) in [6, 6.07) is 0. The summed E-state index contributed by atoms with van der Waals surface area (Å²) in [5, 5.41) is 0. The molecular weight excluding hydrogens is 179 g/mol. The van der Waals surface area contributed by atoms with E-state index in [-0.39, 0.29) is 0 Å². The maximum Gasteiger partial charge on any atom is 0.164 e. The summed E-state index contributed by atoms with van der Waals surface area (Å²) < 4.78 is 34.1. The van der Waals surface area contributed by atoms with Gasteiger partial charge in [-0.15, -0.1) is 0 Å². The Bertz CT molecular complexity index is 299. The van der Waals surface area contributed by atoms with E-state index in [1.165, 1.54) is 0 Å². The molecule has 0 aromatic heterocycles. The molecule has 0 N–H and O–H groups in total. The van der Waals surface area contributed by atoms with Gasteiger partial charge >= 0.3 is 0 Å². The van der Waals surface area contributed by atoms with E-state index < -0.39 is 26.0 Å². The van der Waals surface area contributed by atoms with Gasteiger partial charge in [-0.3, -0.25) is 0 Å². The molecular formula is C8H12FO2S. The second kappa shape index (κ2) is 2.03. The second-order valence-corrected chi connectivity index (χ2v) is 6.74. The van der Waals surface area contributed by atoms with Gasteiger partial charge < -0.3 is 0 Å². The molecule has 12 heavy (non-hydrogen) atoms. The third-order valence-corrected chi connectivity index (χ3v) is 6.20. The fourth-order valence-electron chi connectivity index (χ4n) is 1.48.